The molecule has 0 aliphatic rings. The molecule has 5 heteroatoms. The molecule has 2 heterocycles. The van der Waals surface area contributed by atoms with Gasteiger partial charge in [0.15, 0.2) is 5.82 Å². The van der Waals surface area contributed by atoms with Gasteiger partial charge in [0, 0.05) is 12.6 Å². The van der Waals surface area contributed by atoms with Crippen LogP contribution in [-0.4, -0.2) is 19.2 Å². The maximum atomic E-state index is 4.60. The van der Waals surface area contributed by atoms with E-state index in [1.165, 1.54) is 5.56 Å². The Hall–Kier alpha value is -1.62. The molecular formula is C13H13BrN4. The molecule has 92 valence electrons. The predicted molar refractivity (Wildman–Crippen MR) is 74.6 cm³/mol. The van der Waals surface area contributed by atoms with Crippen molar-refractivity contribution in [2.45, 2.75) is 13.8 Å². The van der Waals surface area contributed by atoms with Gasteiger partial charge in [0.05, 0.1) is 5.69 Å². The number of aryl methyl sites for hydroxylation is 3. The molecule has 4 nitrogen and oxygen atoms in total. The molecule has 0 saturated carbocycles. The van der Waals surface area contributed by atoms with Crippen molar-refractivity contribution in [1.82, 2.24) is 19.2 Å². The monoisotopic (exact) mass is 304 g/mol. The van der Waals surface area contributed by atoms with Crippen LogP contribution < -0.4 is 0 Å². The Balaban J connectivity index is 2.24. The van der Waals surface area contributed by atoms with Crippen LogP contribution >= 0.6 is 15.9 Å². The topological polar surface area (TPSA) is 35.1 Å². The fourth-order valence-electron chi connectivity index (χ4n) is 2.00. The van der Waals surface area contributed by atoms with Crippen LogP contribution in [0.25, 0.3) is 17.2 Å². The first-order valence-corrected chi connectivity index (χ1v) is 6.52. The maximum absolute atomic E-state index is 4.60. The van der Waals surface area contributed by atoms with E-state index in [0.717, 1.165) is 27.5 Å². The zero-order chi connectivity index (χ0) is 12.9. The minimum Gasteiger partial charge on any atom is -0.296 e. The Kier molecular flexibility index (Phi) is 2.52. The summed E-state index contributed by atoms with van der Waals surface area (Å²) < 4.78 is 4.74. The van der Waals surface area contributed by atoms with E-state index in [0.29, 0.717) is 0 Å². The van der Waals surface area contributed by atoms with Crippen LogP contribution in [0.1, 0.15) is 11.3 Å². The highest BCUT2D eigenvalue weighted by molar-refractivity contribution is 9.10. The predicted octanol–water partition coefficient (Wildman–Crippen LogP) is 3.11. The summed E-state index contributed by atoms with van der Waals surface area (Å²) in [6.07, 6.45) is 0. The summed E-state index contributed by atoms with van der Waals surface area (Å²) in [6, 6.07) is 8.34. The van der Waals surface area contributed by atoms with Crippen LogP contribution in [0.2, 0.25) is 0 Å². The zero-order valence-electron chi connectivity index (χ0n) is 10.5. The summed E-state index contributed by atoms with van der Waals surface area (Å²) in [5.74, 6) is 1.76. The molecule has 0 radical (unpaired) electrons. The van der Waals surface area contributed by atoms with E-state index in [1.54, 1.807) is 0 Å². The van der Waals surface area contributed by atoms with Crippen LogP contribution in [0.15, 0.2) is 28.9 Å². The Morgan fingerprint density at radius 1 is 1.11 bits per heavy atom. The van der Waals surface area contributed by atoms with Gasteiger partial charge < -0.3 is 0 Å². The number of aromatic nitrogens is 4. The second-order valence-electron chi connectivity index (χ2n) is 4.45. The lowest BCUT2D eigenvalue weighted by atomic mass is 10.1. The highest BCUT2D eigenvalue weighted by Crippen LogP contribution is 2.23. The van der Waals surface area contributed by atoms with E-state index in [2.05, 4.69) is 57.2 Å². The number of fused-ring (bicyclic) bond motifs is 1. The summed E-state index contributed by atoms with van der Waals surface area (Å²) in [5, 5.41) is 4.60. The molecule has 3 rings (SSSR count). The largest absolute Gasteiger partial charge is 0.296 e. The fraction of sp³-hybridized carbons (Fsp3) is 0.231. The highest BCUT2D eigenvalue weighted by atomic mass is 79.9. The van der Waals surface area contributed by atoms with E-state index in [-0.39, 0.29) is 0 Å². The normalized spacial score (nSPS) is 11.3. The molecule has 0 saturated heterocycles. The van der Waals surface area contributed by atoms with Crippen molar-refractivity contribution in [3.05, 3.63) is 40.1 Å². The third kappa shape index (κ3) is 1.58. The van der Waals surface area contributed by atoms with Gasteiger partial charge in [-0.3, -0.25) is 4.57 Å². The molecule has 2 aromatic heterocycles. The zero-order valence-corrected chi connectivity index (χ0v) is 12.1. The highest BCUT2D eigenvalue weighted by Gasteiger charge is 2.15. The first-order chi connectivity index (χ1) is 8.58. The summed E-state index contributed by atoms with van der Waals surface area (Å²) in [4.78, 5) is 4.49. The van der Waals surface area contributed by atoms with Crippen LogP contribution in [0.4, 0.5) is 0 Å². The number of halogens is 1. The van der Waals surface area contributed by atoms with Gasteiger partial charge >= 0.3 is 0 Å². The maximum Gasteiger partial charge on any atom is 0.233 e. The van der Waals surface area contributed by atoms with Gasteiger partial charge in [-0.15, -0.1) is 5.10 Å². The minimum absolute atomic E-state index is 0.843. The second kappa shape index (κ2) is 3.95. The van der Waals surface area contributed by atoms with E-state index in [1.807, 2.05) is 23.1 Å². The molecule has 3 aromatic rings. The van der Waals surface area contributed by atoms with Crippen LogP contribution in [0.5, 0.6) is 0 Å². The summed E-state index contributed by atoms with van der Waals surface area (Å²) in [6.45, 7) is 4.04. The number of imidazole rings is 1. The lowest BCUT2D eigenvalue weighted by Gasteiger charge is -2.01. The average Bonchev–Trinajstić information content (AvgIpc) is 2.81. The lowest BCUT2D eigenvalue weighted by Crippen LogP contribution is -1.93. The average molecular weight is 305 g/mol. The Morgan fingerprint density at radius 3 is 2.39 bits per heavy atom. The molecule has 0 spiro atoms. The third-order valence-electron chi connectivity index (χ3n) is 3.06. The van der Waals surface area contributed by atoms with E-state index in [9.17, 15) is 0 Å². The van der Waals surface area contributed by atoms with Gasteiger partial charge in [-0.05, 0) is 29.8 Å². The van der Waals surface area contributed by atoms with Crippen molar-refractivity contribution in [1.29, 1.82) is 0 Å². The summed E-state index contributed by atoms with van der Waals surface area (Å²) in [7, 11) is 1.98. The van der Waals surface area contributed by atoms with Gasteiger partial charge in [-0.25, -0.2) is 4.98 Å². The lowest BCUT2D eigenvalue weighted by molar-refractivity contribution is 0.937. The molecule has 0 aliphatic carbocycles. The molecule has 0 fully saturated rings. The Labute approximate surface area is 113 Å². The molecule has 0 N–H and O–H groups in total. The van der Waals surface area contributed by atoms with Crippen LogP contribution in [-0.2, 0) is 7.05 Å². The molecule has 0 atom stereocenters. The smallest absolute Gasteiger partial charge is 0.233 e. The van der Waals surface area contributed by atoms with Gasteiger partial charge in [0.1, 0.15) is 4.60 Å². The Morgan fingerprint density at radius 2 is 1.78 bits per heavy atom. The van der Waals surface area contributed by atoms with E-state index in [4.69, 9.17) is 0 Å². The van der Waals surface area contributed by atoms with Crippen molar-refractivity contribution < 1.29 is 0 Å². The van der Waals surface area contributed by atoms with Gasteiger partial charge in [-0.2, -0.15) is 4.52 Å². The van der Waals surface area contributed by atoms with Crippen LogP contribution in [0.3, 0.4) is 0 Å². The van der Waals surface area contributed by atoms with E-state index >= 15 is 0 Å². The first-order valence-electron chi connectivity index (χ1n) is 5.72. The number of rotatable bonds is 1. The summed E-state index contributed by atoms with van der Waals surface area (Å²) >= 11 is 3.51. The number of benzene rings is 1. The molecule has 18 heavy (non-hydrogen) atoms. The van der Waals surface area contributed by atoms with Gasteiger partial charge in [0.2, 0.25) is 5.78 Å². The van der Waals surface area contributed by atoms with Crippen molar-refractivity contribution in [3.8, 4) is 11.4 Å². The second-order valence-corrected chi connectivity index (χ2v) is 5.20. The molecule has 0 aliphatic heterocycles. The molecule has 0 bridgehead atoms. The van der Waals surface area contributed by atoms with Crippen molar-refractivity contribution in [2.24, 2.45) is 7.05 Å². The van der Waals surface area contributed by atoms with Gasteiger partial charge in [-0.1, -0.05) is 29.8 Å². The Bertz CT molecular complexity index is 722. The van der Waals surface area contributed by atoms with Crippen molar-refractivity contribution in [3.63, 3.8) is 0 Å². The quantitative estimate of drug-likeness (QED) is 0.692. The molecule has 0 amide bonds. The van der Waals surface area contributed by atoms with Crippen LogP contribution in [0, 0.1) is 13.8 Å². The standard InChI is InChI=1S/C13H13BrN4/c1-8-4-6-10(7-5-8)12-16-18-11(14)9(2)15-13(18)17(12)3/h4-7H,1-3H3. The van der Waals surface area contributed by atoms with Gasteiger partial charge in [0.25, 0.3) is 0 Å². The van der Waals surface area contributed by atoms with Crippen molar-refractivity contribution in [2.75, 3.05) is 0 Å². The number of hydrogen-bond donors (Lipinski definition) is 0. The summed E-state index contributed by atoms with van der Waals surface area (Å²) in [5.41, 5.74) is 3.29. The fourth-order valence-corrected chi connectivity index (χ4v) is 2.33. The SMILES string of the molecule is Cc1ccc(-c2nn3c(Br)c(C)nc3n2C)cc1. The molecule has 0 unspecified atom stereocenters. The molecular weight excluding hydrogens is 292 g/mol. The van der Waals surface area contributed by atoms with E-state index < -0.39 is 0 Å². The first kappa shape index (κ1) is 11.5. The minimum atomic E-state index is 0.843. The number of hydrogen-bond acceptors (Lipinski definition) is 2. The third-order valence-corrected chi connectivity index (χ3v) is 3.97. The van der Waals surface area contributed by atoms with Crippen molar-refractivity contribution >= 4 is 21.7 Å². The molecule has 1 aromatic carbocycles. The number of nitrogens with zero attached hydrogens (tertiary/aromatic N) is 4.